The van der Waals surface area contributed by atoms with Gasteiger partial charge in [0.2, 0.25) is 0 Å². The van der Waals surface area contributed by atoms with E-state index in [0.717, 1.165) is 10.8 Å². The summed E-state index contributed by atoms with van der Waals surface area (Å²) < 4.78 is 10.6. The van der Waals surface area contributed by atoms with Crippen LogP contribution in [0, 0.1) is 0 Å². The summed E-state index contributed by atoms with van der Waals surface area (Å²) in [5, 5.41) is 21.0. The van der Waals surface area contributed by atoms with Gasteiger partial charge in [0.1, 0.15) is 0 Å². The number of carboxylic acids is 2. The van der Waals surface area contributed by atoms with Crippen LogP contribution in [0.2, 0.25) is 0 Å². The van der Waals surface area contributed by atoms with Gasteiger partial charge in [-0.3, -0.25) is 0 Å². The topological polar surface area (TPSA) is 127 Å². The molecule has 2 N–H and O–H groups in total. The molecular weight excluding hydrogens is 464 g/mol. The first-order valence-corrected chi connectivity index (χ1v) is 11.2. The van der Waals surface area contributed by atoms with Crippen LogP contribution in [0.5, 0.6) is 0 Å². The molecule has 4 rings (SSSR count). The lowest BCUT2D eigenvalue weighted by Crippen LogP contribution is -2.09. The van der Waals surface area contributed by atoms with Crippen molar-refractivity contribution in [1.29, 1.82) is 0 Å². The summed E-state index contributed by atoms with van der Waals surface area (Å²) >= 11 is 0. The second-order valence-electron chi connectivity index (χ2n) is 8.14. The number of hydrogen-bond acceptors (Lipinski definition) is 6. The Kier molecular flexibility index (Phi) is 7.25. The molecule has 0 aliphatic carbocycles. The fourth-order valence-corrected chi connectivity index (χ4v) is 3.71. The second kappa shape index (κ2) is 10.7. The van der Waals surface area contributed by atoms with Crippen molar-refractivity contribution in [3.8, 4) is 0 Å². The molecule has 4 aromatic carbocycles. The molecule has 0 radical (unpaired) electrons. The van der Waals surface area contributed by atoms with Crippen molar-refractivity contribution in [3.63, 3.8) is 0 Å². The zero-order chi connectivity index (χ0) is 25.7. The van der Waals surface area contributed by atoms with Crippen LogP contribution in [0.4, 0.5) is 0 Å². The van der Waals surface area contributed by atoms with Crippen molar-refractivity contribution in [2.24, 2.45) is 0 Å². The lowest BCUT2D eigenvalue weighted by molar-refractivity contribution is 0.0432. The zero-order valence-corrected chi connectivity index (χ0v) is 19.1. The number of carbonyl (C=O) groups is 4. The van der Waals surface area contributed by atoms with Gasteiger partial charge in [0, 0.05) is 0 Å². The van der Waals surface area contributed by atoms with Crippen LogP contribution in [0.1, 0.15) is 54.3 Å². The molecule has 8 heteroatoms. The van der Waals surface area contributed by atoms with Crippen molar-refractivity contribution in [1.82, 2.24) is 0 Å². The number of aromatic carboxylic acids is 2. The molecule has 0 heterocycles. The monoisotopic (exact) mass is 486 g/mol. The van der Waals surface area contributed by atoms with E-state index in [1.54, 1.807) is 60.7 Å². The first-order valence-electron chi connectivity index (χ1n) is 11.2. The minimum Gasteiger partial charge on any atom is -0.478 e. The van der Waals surface area contributed by atoms with Crippen molar-refractivity contribution in [2.75, 3.05) is 13.2 Å². The van der Waals surface area contributed by atoms with Gasteiger partial charge in [0.25, 0.3) is 0 Å². The number of ether oxygens (including phenoxy) is 2. The van der Waals surface area contributed by atoms with Crippen molar-refractivity contribution < 1.29 is 38.9 Å². The van der Waals surface area contributed by atoms with Crippen molar-refractivity contribution in [2.45, 2.75) is 12.8 Å². The zero-order valence-electron chi connectivity index (χ0n) is 19.1. The van der Waals surface area contributed by atoms with Gasteiger partial charge in [-0.05, 0) is 82.9 Å². The molecule has 0 saturated carbocycles. The van der Waals surface area contributed by atoms with Gasteiger partial charge in [-0.1, -0.05) is 24.3 Å². The SMILES string of the molecule is O=C(O)c1ccc2cc(C(=O)OCCCCOC(=O)c3ccc4cc(C(=O)O)ccc4c3)ccc2c1. The van der Waals surface area contributed by atoms with E-state index in [4.69, 9.17) is 19.7 Å². The number of carbonyl (C=O) groups excluding carboxylic acids is 2. The molecule has 8 nitrogen and oxygen atoms in total. The highest BCUT2D eigenvalue weighted by Gasteiger charge is 2.11. The number of esters is 2. The van der Waals surface area contributed by atoms with E-state index in [1.165, 1.54) is 12.1 Å². The van der Waals surface area contributed by atoms with Gasteiger partial charge in [-0.25, -0.2) is 19.2 Å². The maximum atomic E-state index is 12.3. The van der Waals surface area contributed by atoms with E-state index in [2.05, 4.69) is 0 Å². The van der Waals surface area contributed by atoms with Crippen molar-refractivity contribution in [3.05, 3.63) is 95.1 Å². The molecule has 0 saturated heterocycles. The van der Waals surface area contributed by atoms with Gasteiger partial charge in [-0.2, -0.15) is 0 Å². The van der Waals surface area contributed by atoms with E-state index >= 15 is 0 Å². The van der Waals surface area contributed by atoms with Gasteiger partial charge in [-0.15, -0.1) is 0 Å². The highest BCUT2D eigenvalue weighted by atomic mass is 16.5. The Bertz CT molecular complexity index is 1370. The van der Waals surface area contributed by atoms with Gasteiger partial charge < -0.3 is 19.7 Å². The third-order valence-electron chi connectivity index (χ3n) is 5.65. The van der Waals surface area contributed by atoms with E-state index in [-0.39, 0.29) is 24.3 Å². The lowest BCUT2D eigenvalue weighted by atomic mass is 10.0. The molecule has 36 heavy (non-hydrogen) atoms. The summed E-state index contributed by atoms with van der Waals surface area (Å²) in [4.78, 5) is 46.8. The smallest absolute Gasteiger partial charge is 0.338 e. The summed E-state index contributed by atoms with van der Waals surface area (Å²) in [5.41, 5.74) is 1.08. The van der Waals surface area contributed by atoms with Crippen LogP contribution in [0.25, 0.3) is 21.5 Å². The molecule has 0 unspecified atom stereocenters. The number of fused-ring (bicyclic) bond motifs is 2. The third-order valence-corrected chi connectivity index (χ3v) is 5.65. The van der Waals surface area contributed by atoms with E-state index < -0.39 is 23.9 Å². The Balaban J connectivity index is 1.22. The van der Waals surface area contributed by atoms with E-state index in [0.29, 0.717) is 34.7 Å². The molecule has 0 aliphatic heterocycles. The largest absolute Gasteiger partial charge is 0.478 e. The number of carboxylic acid groups (broad SMARTS) is 2. The van der Waals surface area contributed by atoms with Crippen LogP contribution < -0.4 is 0 Å². The van der Waals surface area contributed by atoms with Gasteiger partial charge in [0.15, 0.2) is 0 Å². The van der Waals surface area contributed by atoms with E-state index in [9.17, 15) is 19.2 Å². The average molecular weight is 486 g/mol. The summed E-state index contributed by atoms with van der Waals surface area (Å²) in [7, 11) is 0. The molecular formula is C28H22O8. The van der Waals surface area contributed by atoms with Crippen LogP contribution in [0.15, 0.2) is 72.8 Å². The molecule has 0 spiro atoms. The van der Waals surface area contributed by atoms with Crippen LogP contribution >= 0.6 is 0 Å². The van der Waals surface area contributed by atoms with Gasteiger partial charge >= 0.3 is 23.9 Å². The normalized spacial score (nSPS) is 10.8. The minimum absolute atomic E-state index is 0.161. The Hall–Kier alpha value is -4.72. The molecule has 182 valence electrons. The fourth-order valence-electron chi connectivity index (χ4n) is 3.71. The molecule has 0 atom stereocenters. The average Bonchev–Trinajstić information content (AvgIpc) is 2.88. The number of benzene rings is 4. The summed E-state index contributed by atoms with van der Waals surface area (Å²) in [5.74, 6) is -3.00. The standard InChI is InChI=1S/C28H22O8/c29-25(30)21-7-3-19-15-23(9-5-17(19)13-21)27(33)35-11-1-2-12-36-28(34)24-10-6-18-14-22(26(31)32)8-4-20(18)16-24/h3-10,13-16H,1-2,11-12H2,(H,29,30)(H,31,32). The highest BCUT2D eigenvalue weighted by molar-refractivity contribution is 5.99. The molecule has 4 aromatic rings. The maximum Gasteiger partial charge on any atom is 0.338 e. The Morgan fingerprint density at radius 2 is 0.806 bits per heavy atom. The Morgan fingerprint density at radius 1 is 0.500 bits per heavy atom. The van der Waals surface area contributed by atoms with E-state index in [1.807, 2.05) is 0 Å². The predicted molar refractivity (Wildman–Crippen MR) is 132 cm³/mol. The first kappa shape index (κ1) is 24.4. The molecule has 0 amide bonds. The number of hydrogen-bond donors (Lipinski definition) is 2. The molecule has 0 bridgehead atoms. The van der Waals surface area contributed by atoms with Crippen LogP contribution in [-0.2, 0) is 9.47 Å². The molecule has 0 fully saturated rings. The number of rotatable bonds is 9. The maximum absolute atomic E-state index is 12.3. The first-order chi connectivity index (χ1) is 17.3. The predicted octanol–water partition coefficient (Wildman–Crippen LogP) is 5.18. The van der Waals surface area contributed by atoms with Crippen LogP contribution in [-0.4, -0.2) is 47.3 Å². The summed E-state index contributed by atoms with van der Waals surface area (Å²) in [6.07, 6.45) is 1.01. The Labute approximate surface area is 205 Å². The fraction of sp³-hybridized carbons (Fsp3) is 0.143. The lowest BCUT2D eigenvalue weighted by Gasteiger charge is -2.08. The number of unbranched alkanes of at least 4 members (excludes halogenated alkanes) is 1. The van der Waals surface area contributed by atoms with Crippen LogP contribution in [0.3, 0.4) is 0 Å². The molecule has 0 aromatic heterocycles. The molecule has 0 aliphatic rings. The van der Waals surface area contributed by atoms with Crippen molar-refractivity contribution >= 4 is 45.4 Å². The third kappa shape index (κ3) is 5.67. The summed E-state index contributed by atoms with van der Waals surface area (Å²) in [6, 6.07) is 19.2. The quantitative estimate of drug-likeness (QED) is 0.245. The second-order valence-corrected chi connectivity index (χ2v) is 8.14. The summed E-state index contributed by atoms with van der Waals surface area (Å²) in [6.45, 7) is 0.322. The minimum atomic E-state index is -1.01. The Morgan fingerprint density at radius 3 is 1.14 bits per heavy atom. The van der Waals surface area contributed by atoms with Gasteiger partial charge in [0.05, 0.1) is 35.5 Å². The highest BCUT2D eigenvalue weighted by Crippen LogP contribution is 2.20.